The molecule has 3 rings (SSSR count). The van der Waals surface area contributed by atoms with Gasteiger partial charge in [-0.15, -0.1) is 0 Å². The Hall–Kier alpha value is -2.60. The monoisotopic (exact) mass is 411 g/mol. The molecule has 1 amide bonds. The highest BCUT2D eigenvalue weighted by atomic mass is 16.6. The number of hydrogen-bond donors (Lipinski definition) is 1. The van der Waals surface area contributed by atoms with E-state index in [2.05, 4.69) is 39.5 Å². The van der Waals surface area contributed by atoms with Gasteiger partial charge in [0.1, 0.15) is 11.4 Å². The zero-order chi connectivity index (χ0) is 21.4. The molecule has 0 bridgehead atoms. The smallest absolute Gasteiger partial charge is 0.407 e. The maximum atomic E-state index is 11.8. The Morgan fingerprint density at radius 3 is 2.77 bits per heavy atom. The lowest BCUT2D eigenvalue weighted by Crippen LogP contribution is -2.35. The van der Waals surface area contributed by atoms with Crippen molar-refractivity contribution in [3.63, 3.8) is 0 Å². The number of carbonyl (C=O) groups excluding carboxylic acids is 1. The first-order valence-electron chi connectivity index (χ1n) is 10.7. The summed E-state index contributed by atoms with van der Waals surface area (Å²) in [6.45, 7) is 8.70. The predicted molar refractivity (Wildman–Crippen MR) is 117 cm³/mol. The normalized spacial score (nSPS) is 15.9. The van der Waals surface area contributed by atoms with Gasteiger partial charge in [-0.2, -0.15) is 0 Å². The van der Waals surface area contributed by atoms with E-state index in [0.717, 1.165) is 43.8 Å². The summed E-state index contributed by atoms with van der Waals surface area (Å²) in [6, 6.07) is 14.7. The van der Waals surface area contributed by atoms with E-state index in [4.69, 9.17) is 9.47 Å². The van der Waals surface area contributed by atoms with Crippen LogP contribution in [0.25, 0.3) is 0 Å². The van der Waals surface area contributed by atoms with Gasteiger partial charge in [0.05, 0.1) is 18.3 Å². The van der Waals surface area contributed by atoms with Gasteiger partial charge in [0.15, 0.2) is 0 Å². The fraction of sp³-hybridized carbons (Fsp3) is 0.500. The Morgan fingerprint density at radius 2 is 2.00 bits per heavy atom. The van der Waals surface area contributed by atoms with Gasteiger partial charge in [-0.3, -0.25) is 9.88 Å². The second kappa shape index (κ2) is 10.4. The maximum absolute atomic E-state index is 11.8. The summed E-state index contributed by atoms with van der Waals surface area (Å²) in [6.07, 6.45) is 4.27. The number of amides is 1. The minimum atomic E-state index is -0.472. The van der Waals surface area contributed by atoms with Crippen molar-refractivity contribution in [2.45, 2.75) is 58.2 Å². The number of carbonyl (C=O) groups is 1. The van der Waals surface area contributed by atoms with Crippen molar-refractivity contribution < 1.29 is 14.3 Å². The van der Waals surface area contributed by atoms with E-state index in [-0.39, 0.29) is 12.1 Å². The number of benzene rings is 1. The summed E-state index contributed by atoms with van der Waals surface area (Å²) in [5, 5.41) is 2.85. The molecule has 6 nitrogen and oxygen atoms in total. The topological polar surface area (TPSA) is 63.7 Å². The third-order valence-electron chi connectivity index (χ3n) is 4.97. The lowest BCUT2D eigenvalue weighted by atomic mass is 10.0. The van der Waals surface area contributed by atoms with E-state index in [1.165, 1.54) is 5.56 Å². The van der Waals surface area contributed by atoms with Gasteiger partial charge >= 0.3 is 6.09 Å². The average Bonchev–Trinajstić information content (AvgIpc) is 2.72. The summed E-state index contributed by atoms with van der Waals surface area (Å²) < 4.78 is 11.1. The standard InChI is InChI=1S/C24H33N3O3/c1-24(2,3)30-23(28)26-14-7-8-16-27(18-19-10-5-4-6-11-19)20-13-17-29-21-12-9-15-25-22(20)21/h4-6,9-12,15,20H,7-8,13-14,16-18H2,1-3H3,(H,26,28). The molecule has 1 aliphatic heterocycles. The summed E-state index contributed by atoms with van der Waals surface area (Å²) in [5.74, 6) is 0.887. The van der Waals surface area contributed by atoms with Gasteiger partial charge < -0.3 is 14.8 Å². The van der Waals surface area contributed by atoms with Crippen LogP contribution in [-0.4, -0.2) is 41.3 Å². The van der Waals surface area contributed by atoms with Crippen LogP contribution in [0.3, 0.4) is 0 Å². The molecular weight excluding hydrogens is 378 g/mol. The minimum Gasteiger partial charge on any atom is -0.492 e. The van der Waals surface area contributed by atoms with Gasteiger partial charge in [0.25, 0.3) is 0 Å². The molecule has 1 atom stereocenters. The number of fused-ring (bicyclic) bond motifs is 1. The van der Waals surface area contributed by atoms with Crippen LogP contribution in [0.5, 0.6) is 5.75 Å². The van der Waals surface area contributed by atoms with E-state index in [1.54, 1.807) is 0 Å². The SMILES string of the molecule is CC(C)(C)OC(=O)NCCCCN(Cc1ccccc1)C1CCOc2cccnc21. The van der Waals surface area contributed by atoms with Crippen LogP contribution in [0.2, 0.25) is 0 Å². The van der Waals surface area contributed by atoms with Crippen LogP contribution in [-0.2, 0) is 11.3 Å². The molecular formula is C24H33N3O3. The quantitative estimate of drug-likeness (QED) is 0.637. The van der Waals surface area contributed by atoms with Gasteiger partial charge in [0.2, 0.25) is 0 Å². The highest BCUT2D eigenvalue weighted by Gasteiger charge is 2.28. The van der Waals surface area contributed by atoms with Crippen molar-refractivity contribution in [1.82, 2.24) is 15.2 Å². The van der Waals surface area contributed by atoms with Crippen molar-refractivity contribution in [2.24, 2.45) is 0 Å². The molecule has 0 fully saturated rings. The summed E-state index contributed by atoms with van der Waals surface area (Å²) in [5.41, 5.74) is 1.83. The van der Waals surface area contributed by atoms with Gasteiger partial charge in [-0.1, -0.05) is 30.3 Å². The van der Waals surface area contributed by atoms with Crippen LogP contribution >= 0.6 is 0 Å². The minimum absolute atomic E-state index is 0.231. The summed E-state index contributed by atoms with van der Waals surface area (Å²) in [7, 11) is 0. The average molecular weight is 412 g/mol. The molecule has 6 heteroatoms. The van der Waals surface area contributed by atoms with Crippen LogP contribution in [0, 0.1) is 0 Å². The Bertz CT molecular complexity index is 805. The Morgan fingerprint density at radius 1 is 1.20 bits per heavy atom. The fourth-order valence-corrected chi connectivity index (χ4v) is 3.66. The lowest BCUT2D eigenvalue weighted by molar-refractivity contribution is 0.0525. The van der Waals surface area contributed by atoms with Crippen molar-refractivity contribution in [3.05, 3.63) is 59.9 Å². The Balaban J connectivity index is 1.58. The number of hydrogen-bond acceptors (Lipinski definition) is 5. The number of aromatic nitrogens is 1. The number of nitrogens with one attached hydrogen (secondary N) is 1. The van der Waals surface area contributed by atoms with Crippen molar-refractivity contribution in [3.8, 4) is 5.75 Å². The fourth-order valence-electron chi connectivity index (χ4n) is 3.66. The first-order chi connectivity index (χ1) is 14.4. The van der Waals surface area contributed by atoms with Crippen LogP contribution in [0.4, 0.5) is 4.79 Å². The summed E-state index contributed by atoms with van der Waals surface area (Å²) >= 11 is 0. The molecule has 0 saturated carbocycles. The van der Waals surface area contributed by atoms with Crippen molar-refractivity contribution in [2.75, 3.05) is 19.7 Å². The highest BCUT2D eigenvalue weighted by molar-refractivity contribution is 5.67. The van der Waals surface area contributed by atoms with Crippen LogP contribution < -0.4 is 10.1 Å². The molecule has 2 heterocycles. The molecule has 1 aromatic heterocycles. The van der Waals surface area contributed by atoms with Crippen LogP contribution in [0.15, 0.2) is 48.7 Å². The number of nitrogens with zero attached hydrogens (tertiary/aromatic N) is 2. The van der Waals surface area contributed by atoms with Crippen LogP contribution in [0.1, 0.15) is 57.3 Å². The molecule has 30 heavy (non-hydrogen) atoms. The second-order valence-corrected chi connectivity index (χ2v) is 8.63. The molecule has 1 N–H and O–H groups in total. The Kier molecular flexibility index (Phi) is 7.69. The van der Waals surface area contributed by atoms with Gasteiger partial charge in [-0.25, -0.2) is 4.79 Å². The first kappa shape index (κ1) is 22.1. The second-order valence-electron chi connectivity index (χ2n) is 8.63. The molecule has 1 aliphatic rings. The molecule has 0 saturated heterocycles. The van der Waals surface area contributed by atoms with E-state index in [0.29, 0.717) is 13.2 Å². The molecule has 1 unspecified atom stereocenters. The molecule has 0 aliphatic carbocycles. The molecule has 1 aromatic carbocycles. The predicted octanol–water partition coefficient (Wildman–Crippen LogP) is 4.71. The van der Waals surface area contributed by atoms with Crippen molar-refractivity contribution in [1.29, 1.82) is 0 Å². The van der Waals surface area contributed by atoms with Gasteiger partial charge in [-0.05, 0) is 57.9 Å². The maximum Gasteiger partial charge on any atom is 0.407 e. The Labute approximate surface area is 179 Å². The van der Waals surface area contributed by atoms with E-state index >= 15 is 0 Å². The molecule has 162 valence electrons. The van der Waals surface area contributed by atoms with Crippen molar-refractivity contribution >= 4 is 6.09 Å². The van der Waals surface area contributed by atoms with E-state index < -0.39 is 5.60 Å². The number of alkyl carbamates (subject to hydrolysis) is 1. The van der Waals surface area contributed by atoms with Gasteiger partial charge in [0, 0.05) is 25.7 Å². The largest absolute Gasteiger partial charge is 0.492 e. The van der Waals surface area contributed by atoms with E-state index in [1.807, 2.05) is 45.2 Å². The molecule has 0 spiro atoms. The summed E-state index contributed by atoms with van der Waals surface area (Å²) in [4.78, 5) is 18.9. The number of ether oxygens (including phenoxy) is 2. The molecule has 0 radical (unpaired) electrons. The zero-order valence-electron chi connectivity index (χ0n) is 18.3. The van der Waals surface area contributed by atoms with E-state index in [9.17, 15) is 4.79 Å². The lowest BCUT2D eigenvalue weighted by Gasteiger charge is -2.35. The third kappa shape index (κ3) is 6.73. The highest BCUT2D eigenvalue weighted by Crippen LogP contribution is 2.35. The number of pyridine rings is 1. The molecule has 2 aromatic rings. The zero-order valence-corrected chi connectivity index (χ0v) is 18.3. The number of unbranched alkanes of at least 4 members (excludes halogenated alkanes) is 1. The first-order valence-corrected chi connectivity index (χ1v) is 10.7. The third-order valence-corrected chi connectivity index (χ3v) is 4.97. The number of rotatable bonds is 8.